The minimum atomic E-state index is -2.29. The van der Waals surface area contributed by atoms with Crippen molar-refractivity contribution >= 4 is 46.3 Å². The SMILES string of the molecule is CC(=O)CC(=O)C(C(C)=O)(C(C)=O)C(C)=O.[AlH3]. The van der Waals surface area contributed by atoms with Gasteiger partial charge in [-0.1, -0.05) is 0 Å². The summed E-state index contributed by atoms with van der Waals surface area (Å²) >= 11 is 0. The zero-order chi connectivity index (χ0) is 13.1. The predicted octanol–water partition coefficient (Wildman–Crippen LogP) is -0.896. The van der Waals surface area contributed by atoms with Crippen LogP contribution in [0.1, 0.15) is 34.1 Å². The standard InChI is InChI=1S/C11H14O5.Al.3H/c1-6(12)5-10(16)11(7(2)13,8(3)14)9(4)15;;;;/h5H2,1-4H3;;;;. The molecule has 0 rings (SSSR count). The van der Waals surface area contributed by atoms with E-state index in [0.717, 1.165) is 27.7 Å². The van der Waals surface area contributed by atoms with E-state index in [-0.39, 0.29) is 17.4 Å². The molecular formula is C11H17AlO5. The van der Waals surface area contributed by atoms with Gasteiger partial charge in [-0.05, 0) is 27.7 Å². The molecule has 0 spiro atoms. The first kappa shape index (κ1) is 18.3. The monoisotopic (exact) mass is 256 g/mol. The van der Waals surface area contributed by atoms with Crippen molar-refractivity contribution in [3.8, 4) is 0 Å². The quantitative estimate of drug-likeness (QED) is 0.454. The van der Waals surface area contributed by atoms with Gasteiger partial charge in [-0.15, -0.1) is 0 Å². The Morgan fingerprint density at radius 3 is 1.24 bits per heavy atom. The topological polar surface area (TPSA) is 85.3 Å². The molecule has 0 aromatic rings. The van der Waals surface area contributed by atoms with Gasteiger partial charge in [-0.3, -0.25) is 24.0 Å². The summed E-state index contributed by atoms with van der Waals surface area (Å²) in [4.78, 5) is 56.7. The van der Waals surface area contributed by atoms with Gasteiger partial charge in [0.1, 0.15) is 5.78 Å². The van der Waals surface area contributed by atoms with Crippen molar-refractivity contribution in [2.24, 2.45) is 5.41 Å². The molecule has 0 saturated heterocycles. The van der Waals surface area contributed by atoms with Crippen LogP contribution in [0.2, 0.25) is 0 Å². The van der Waals surface area contributed by atoms with E-state index in [4.69, 9.17) is 0 Å². The molecule has 0 aliphatic heterocycles. The Labute approximate surface area is 110 Å². The molecule has 0 heterocycles. The van der Waals surface area contributed by atoms with Gasteiger partial charge in [0.05, 0.1) is 6.42 Å². The number of hydrogen-bond donors (Lipinski definition) is 0. The first-order valence-electron chi connectivity index (χ1n) is 4.73. The van der Waals surface area contributed by atoms with Gasteiger partial charge in [0.15, 0.2) is 40.5 Å². The van der Waals surface area contributed by atoms with Crippen LogP contribution in [-0.4, -0.2) is 46.3 Å². The van der Waals surface area contributed by atoms with Crippen molar-refractivity contribution in [3.05, 3.63) is 0 Å². The summed E-state index contributed by atoms with van der Waals surface area (Å²) in [6.07, 6.45) is -0.585. The molecular weight excluding hydrogens is 239 g/mol. The Morgan fingerprint density at radius 2 is 1.06 bits per heavy atom. The van der Waals surface area contributed by atoms with E-state index in [9.17, 15) is 24.0 Å². The smallest absolute Gasteiger partial charge is 0.202 e. The number of rotatable bonds is 6. The van der Waals surface area contributed by atoms with Gasteiger partial charge in [0.2, 0.25) is 5.41 Å². The highest BCUT2D eigenvalue weighted by atomic mass is 27.0. The maximum atomic E-state index is 11.7. The molecule has 0 aliphatic carbocycles. The molecule has 0 aromatic carbocycles. The van der Waals surface area contributed by atoms with Crippen LogP contribution in [0.25, 0.3) is 0 Å². The summed E-state index contributed by atoms with van der Waals surface area (Å²) < 4.78 is 0. The summed E-state index contributed by atoms with van der Waals surface area (Å²) in [6, 6.07) is 0. The first-order valence-corrected chi connectivity index (χ1v) is 4.73. The van der Waals surface area contributed by atoms with Crippen LogP contribution in [-0.2, 0) is 24.0 Å². The molecule has 0 bridgehead atoms. The molecule has 6 heteroatoms. The molecule has 0 saturated carbocycles. The third-order valence-corrected chi connectivity index (χ3v) is 2.41. The highest BCUT2D eigenvalue weighted by Crippen LogP contribution is 2.25. The number of ketones is 5. The number of Topliss-reactive ketones (excluding diaryl/α,β-unsaturated/α-hetero) is 5. The summed E-state index contributed by atoms with van der Waals surface area (Å²) in [5, 5.41) is 0. The summed E-state index contributed by atoms with van der Waals surface area (Å²) in [5.41, 5.74) is -2.29. The van der Waals surface area contributed by atoms with Crippen LogP contribution in [0.5, 0.6) is 0 Å². The molecule has 0 aromatic heterocycles. The van der Waals surface area contributed by atoms with E-state index in [1.54, 1.807) is 0 Å². The van der Waals surface area contributed by atoms with E-state index in [1.165, 1.54) is 0 Å². The van der Waals surface area contributed by atoms with Crippen LogP contribution in [0, 0.1) is 5.41 Å². The van der Waals surface area contributed by atoms with E-state index in [1.807, 2.05) is 0 Å². The van der Waals surface area contributed by atoms with E-state index in [0.29, 0.717) is 0 Å². The van der Waals surface area contributed by atoms with Gasteiger partial charge in [-0.2, -0.15) is 0 Å². The minimum absolute atomic E-state index is 0. The molecule has 0 aliphatic rings. The van der Waals surface area contributed by atoms with Crippen molar-refractivity contribution in [2.75, 3.05) is 0 Å². The maximum Gasteiger partial charge on any atom is 0.202 e. The van der Waals surface area contributed by atoms with Gasteiger partial charge in [0, 0.05) is 0 Å². The zero-order valence-electron chi connectivity index (χ0n) is 9.75. The van der Waals surface area contributed by atoms with E-state index >= 15 is 0 Å². The van der Waals surface area contributed by atoms with Crippen LogP contribution in [0.15, 0.2) is 0 Å². The average molecular weight is 256 g/mol. The Hall–Kier alpha value is -1.12. The Kier molecular flexibility index (Phi) is 7.06. The molecule has 0 radical (unpaired) electrons. The molecule has 5 nitrogen and oxygen atoms in total. The summed E-state index contributed by atoms with van der Waals surface area (Å²) in [5.74, 6) is -3.93. The molecule has 94 valence electrons. The lowest BCUT2D eigenvalue weighted by Gasteiger charge is -2.23. The predicted molar refractivity (Wildman–Crippen MR) is 64.7 cm³/mol. The van der Waals surface area contributed by atoms with Gasteiger partial charge < -0.3 is 0 Å². The van der Waals surface area contributed by atoms with Crippen molar-refractivity contribution in [1.29, 1.82) is 0 Å². The van der Waals surface area contributed by atoms with Crippen molar-refractivity contribution in [1.82, 2.24) is 0 Å². The number of hydrogen-bond acceptors (Lipinski definition) is 5. The molecule has 0 fully saturated rings. The third kappa shape index (κ3) is 3.42. The second kappa shape index (κ2) is 6.58. The highest BCUT2D eigenvalue weighted by Gasteiger charge is 2.51. The second-order valence-corrected chi connectivity index (χ2v) is 3.72. The average Bonchev–Trinajstić information content (AvgIpc) is 1.99. The first-order chi connectivity index (χ1) is 7.17. The van der Waals surface area contributed by atoms with Gasteiger partial charge in [0.25, 0.3) is 0 Å². The van der Waals surface area contributed by atoms with Crippen LogP contribution < -0.4 is 0 Å². The van der Waals surface area contributed by atoms with E-state index in [2.05, 4.69) is 0 Å². The van der Waals surface area contributed by atoms with Gasteiger partial charge >= 0.3 is 0 Å². The Morgan fingerprint density at radius 1 is 0.765 bits per heavy atom. The van der Waals surface area contributed by atoms with Crippen LogP contribution >= 0.6 is 0 Å². The molecule has 0 amide bonds. The van der Waals surface area contributed by atoms with Crippen molar-refractivity contribution in [3.63, 3.8) is 0 Å². The number of carbonyl (C=O) groups excluding carboxylic acids is 5. The number of carbonyl (C=O) groups is 5. The molecule has 0 unspecified atom stereocenters. The Bertz CT molecular complexity index is 347. The Balaban J connectivity index is 0. The fourth-order valence-corrected chi connectivity index (χ4v) is 1.69. The second-order valence-electron chi connectivity index (χ2n) is 3.72. The van der Waals surface area contributed by atoms with Crippen LogP contribution in [0.4, 0.5) is 0 Å². The van der Waals surface area contributed by atoms with Gasteiger partial charge in [-0.25, -0.2) is 0 Å². The largest absolute Gasteiger partial charge is 0.300 e. The normalized spacial score (nSPS) is 10.1. The van der Waals surface area contributed by atoms with Crippen molar-refractivity contribution in [2.45, 2.75) is 34.1 Å². The van der Waals surface area contributed by atoms with E-state index < -0.39 is 40.8 Å². The highest BCUT2D eigenvalue weighted by molar-refractivity contribution is 6.39. The third-order valence-electron chi connectivity index (χ3n) is 2.41. The molecule has 17 heavy (non-hydrogen) atoms. The fraction of sp³-hybridized carbons (Fsp3) is 0.545. The lowest BCUT2D eigenvalue weighted by atomic mass is 9.72. The fourth-order valence-electron chi connectivity index (χ4n) is 1.69. The summed E-state index contributed by atoms with van der Waals surface area (Å²) in [7, 11) is 0. The lowest BCUT2D eigenvalue weighted by molar-refractivity contribution is -0.152. The van der Waals surface area contributed by atoms with Crippen LogP contribution in [0.3, 0.4) is 0 Å². The van der Waals surface area contributed by atoms with Crippen molar-refractivity contribution < 1.29 is 24.0 Å². The maximum absolute atomic E-state index is 11.7. The zero-order valence-corrected chi connectivity index (χ0v) is 9.75. The molecule has 0 N–H and O–H groups in total. The minimum Gasteiger partial charge on any atom is -0.300 e. The summed E-state index contributed by atoms with van der Waals surface area (Å²) in [6.45, 7) is 4.16. The molecule has 0 atom stereocenters. The lowest BCUT2D eigenvalue weighted by Crippen LogP contribution is -2.50.